The molecule has 0 unspecified atom stereocenters. The highest BCUT2D eigenvalue weighted by Gasteiger charge is 2.15. The molecule has 0 radical (unpaired) electrons. The molecule has 0 fully saturated rings. The van der Waals surface area contributed by atoms with E-state index >= 15 is 0 Å². The van der Waals surface area contributed by atoms with Gasteiger partial charge in [0.25, 0.3) is 0 Å². The van der Waals surface area contributed by atoms with Crippen LogP contribution in [0, 0.1) is 0 Å². The summed E-state index contributed by atoms with van der Waals surface area (Å²) in [5, 5.41) is 9.18. The van der Waals surface area contributed by atoms with Crippen LogP contribution in [0.3, 0.4) is 0 Å². The zero-order valence-electron chi connectivity index (χ0n) is 19.2. The first-order valence-corrected chi connectivity index (χ1v) is 10.3. The number of carbonyl (C=O) groups excluding carboxylic acids is 1. The summed E-state index contributed by atoms with van der Waals surface area (Å²) in [7, 11) is 2.60. The third-order valence-corrected chi connectivity index (χ3v) is 4.38. The normalized spacial score (nSPS) is 12.7. The van der Waals surface area contributed by atoms with Crippen LogP contribution in [-0.2, 0) is 30.2 Å². The Labute approximate surface area is 201 Å². The maximum absolute atomic E-state index is 12.5. The molecule has 0 bridgehead atoms. The zero-order valence-corrected chi connectivity index (χ0v) is 19.2. The molecular formula is C23H26N6O6. The van der Waals surface area contributed by atoms with Crippen molar-refractivity contribution in [2.24, 2.45) is 21.5 Å². The van der Waals surface area contributed by atoms with Gasteiger partial charge in [0.2, 0.25) is 0 Å². The summed E-state index contributed by atoms with van der Waals surface area (Å²) in [6.45, 7) is 0.101. The van der Waals surface area contributed by atoms with Crippen LogP contribution in [0.15, 0.2) is 75.9 Å². The molecule has 0 aromatic carbocycles. The number of rotatable bonds is 12. The van der Waals surface area contributed by atoms with Gasteiger partial charge in [-0.3, -0.25) is 20.0 Å². The lowest BCUT2D eigenvalue weighted by molar-refractivity contribution is -0.138. The van der Waals surface area contributed by atoms with Crippen molar-refractivity contribution in [2.75, 3.05) is 20.8 Å². The minimum absolute atomic E-state index is 0.0213. The largest absolute Gasteiger partial charge is 0.482 e. The van der Waals surface area contributed by atoms with E-state index in [4.69, 9.17) is 25.7 Å². The Kier molecular flexibility index (Phi) is 10.4. The zero-order chi connectivity index (χ0) is 25.6. The molecule has 0 spiro atoms. The van der Waals surface area contributed by atoms with Crippen LogP contribution in [-0.4, -0.2) is 60.3 Å². The summed E-state index contributed by atoms with van der Waals surface area (Å²) < 4.78 is 15.0. The van der Waals surface area contributed by atoms with Crippen LogP contribution in [0.4, 0.5) is 11.4 Å². The van der Waals surface area contributed by atoms with Gasteiger partial charge in [0.15, 0.2) is 11.8 Å². The number of hydrogen-bond donors (Lipinski definition) is 3. The lowest BCUT2D eigenvalue weighted by Crippen LogP contribution is -2.17. The van der Waals surface area contributed by atoms with Gasteiger partial charge in [-0.05, 0) is 36.6 Å². The van der Waals surface area contributed by atoms with Crippen molar-refractivity contribution in [3.63, 3.8) is 0 Å². The number of esters is 1. The van der Waals surface area contributed by atoms with Crippen LogP contribution in [0.25, 0.3) is 0 Å². The molecule has 0 aliphatic rings. The molecular weight excluding hydrogens is 456 g/mol. The molecule has 2 aromatic heterocycles. The van der Waals surface area contributed by atoms with Crippen LogP contribution in [0.2, 0.25) is 0 Å². The highest BCUT2D eigenvalue weighted by molar-refractivity contribution is 6.10. The number of aliphatic imine (C=N–C) groups is 2. The third kappa shape index (κ3) is 8.61. The van der Waals surface area contributed by atoms with E-state index in [-0.39, 0.29) is 29.5 Å². The number of carboxylic acids is 1. The van der Waals surface area contributed by atoms with Gasteiger partial charge < -0.3 is 30.8 Å². The highest BCUT2D eigenvalue weighted by atomic mass is 16.5. The molecule has 2 aromatic rings. The lowest BCUT2D eigenvalue weighted by Gasteiger charge is -2.08. The maximum Gasteiger partial charge on any atom is 0.345 e. The van der Waals surface area contributed by atoms with E-state index in [1.165, 1.54) is 32.8 Å². The standard InChI is InChI=1S/C23H26N6O6/c1-33-20(24)18(22(30)31)13-29-17-9-15(10-27-12-17)5-4-8-35-23(32)19(21(25)34-2)14-28-16-6-3-7-26-11-16/h3,6-7,9-14H,4-5,8,24-25H2,1-2H3,(H,30,31)/b20-18-,21-19-,28-14?,29-13?. The molecule has 0 amide bonds. The molecule has 0 saturated heterocycles. The second-order valence-electron chi connectivity index (χ2n) is 6.79. The van der Waals surface area contributed by atoms with Gasteiger partial charge in [0.05, 0.1) is 44.6 Å². The van der Waals surface area contributed by atoms with E-state index in [0.29, 0.717) is 24.2 Å². The van der Waals surface area contributed by atoms with Crippen LogP contribution in [0.5, 0.6) is 0 Å². The molecule has 184 valence electrons. The number of aryl methyl sites for hydroxylation is 1. The Balaban J connectivity index is 1.96. The van der Waals surface area contributed by atoms with Gasteiger partial charge in [-0.2, -0.15) is 0 Å². The number of ether oxygens (including phenoxy) is 3. The van der Waals surface area contributed by atoms with Crippen molar-refractivity contribution < 1.29 is 28.9 Å². The van der Waals surface area contributed by atoms with Crippen molar-refractivity contribution in [1.29, 1.82) is 0 Å². The third-order valence-electron chi connectivity index (χ3n) is 4.38. The first kappa shape index (κ1) is 26.5. The molecule has 5 N–H and O–H groups in total. The summed E-state index contributed by atoms with van der Waals surface area (Å²) in [6.07, 6.45) is 9.59. The predicted octanol–water partition coefficient (Wildman–Crippen LogP) is 1.78. The Hall–Kier alpha value is -4.74. The van der Waals surface area contributed by atoms with Crippen molar-refractivity contribution in [2.45, 2.75) is 12.8 Å². The Bertz CT molecular complexity index is 1140. The molecule has 35 heavy (non-hydrogen) atoms. The minimum Gasteiger partial charge on any atom is -0.482 e. The number of hydrogen-bond acceptors (Lipinski definition) is 11. The van der Waals surface area contributed by atoms with Gasteiger partial charge in [-0.1, -0.05) is 0 Å². The van der Waals surface area contributed by atoms with Crippen molar-refractivity contribution >= 4 is 35.7 Å². The van der Waals surface area contributed by atoms with Gasteiger partial charge >= 0.3 is 11.9 Å². The Morgan fingerprint density at radius 2 is 1.66 bits per heavy atom. The Morgan fingerprint density at radius 1 is 1.00 bits per heavy atom. The van der Waals surface area contributed by atoms with Crippen molar-refractivity contribution in [3.8, 4) is 0 Å². The lowest BCUT2D eigenvalue weighted by atomic mass is 10.1. The fourth-order valence-electron chi connectivity index (χ4n) is 2.57. The molecule has 12 nitrogen and oxygen atoms in total. The average Bonchev–Trinajstić information content (AvgIpc) is 2.87. The predicted molar refractivity (Wildman–Crippen MR) is 128 cm³/mol. The van der Waals surface area contributed by atoms with E-state index in [2.05, 4.69) is 20.0 Å². The average molecular weight is 482 g/mol. The number of aliphatic carboxylic acids is 1. The van der Waals surface area contributed by atoms with Crippen molar-refractivity contribution in [3.05, 3.63) is 71.5 Å². The van der Waals surface area contributed by atoms with E-state index in [0.717, 1.165) is 11.8 Å². The van der Waals surface area contributed by atoms with Crippen LogP contribution in [0.1, 0.15) is 12.0 Å². The SMILES string of the molecule is CO/C(N)=C(/C=Nc1cncc(CCCOC(=O)/C(C=Nc2cccnc2)=C(/N)OC)c1)C(=O)O. The van der Waals surface area contributed by atoms with E-state index in [9.17, 15) is 14.7 Å². The number of carboxylic acid groups (broad SMARTS) is 1. The number of carbonyl (C=O) groups is 2. The number of nitrogens with two attached hydrogens (primary N) is 2. The molecule has 0 aliphatic heterocycles. The maximum atomic E-state index is 12.5. The Morgan fingerprint density at radius 3 is 2.31 bits per heavy atom. The first-order chi connectivity index (χ1) is 16.8. The fraction of sp³-hybridized carbons (Fsp3) is 0.217. The summed E-state index contributed by atoms with van der Waals surface area (Å²) in [5.41, 5.74) is 12.7. The highest BCUT2D eigenvalue weighted by Crippen LogP contribution is 2.15. The molecule has 2 heterocycles. The van der Waals surface area contributed by atoms with Gasteiger partial charge in [0, 0.05) is 24.8 Å². The summed E-state index contributed by atoms with van der Waals surface area (Å²) in [5.74, 6) is -2.34. The summed E-state index contributed by atoms with van der Waals surface area (Å²) >= 11 is 0. The quantitative estimate of drug-likeness (QED) is 0.132. The molecule has 12 heteroatoms. The minimum atomic E-state index is -1.27. The van der Waals surface area contributed by atoms with Crippen LogP contribution >= 0.6 is 0 Å². The van der Waals surface area contributed by atoms with Crippen molar-refractivity contribution in [1.82, 2.24) is 9.97 Å². The number of pyridine rings is 2. The summed E-state index contributed by atoms with van der Waals surface area (Å²) in [4.78, 5) is 40.0. The van der Waals surface area contributed by atoms with Gasteiger partial charge in [0.1, 0.15) is 11.1 Å². The second kappa shape index (κ2) is 13.7. The molecule has 0 aliphatic carbocycles. The smallest absolute Gasteiger partial charge is 0.345 e. The summed E-state index contributed by atoms with van der Waals surface area (Å²) in [6, 6.07) is 5.15. The van der Waals surface area contributed by atoms with Gasteiger partial charge in [-0.15, -0.1) is 0 Å². The fourth-order valence-corrected chi connectivity index (χ4v) is 2.57. The number of methoxy groups -OCH3 is 2. The van der Waals surface area contributed by atoms with E-state index in [1.54, 1.807) is 30.6 Å². The van der Waals surface area contributed by atoms with E-state index in [1.807, 2.05) is 0 Å². The van der Waals surface area contributed by atoms with Crippen LogP contribution < -0.4 is 11.5 Å². The molecule has 0 saturated carbocycles. The first-order valence-electron chi connectivity index (χ1n) is 10.3. The monoisotopic (exact) mass is 482 g/mol. The van der Waals surface area contributed by atoms with Gasteiger partial charge in [-0.25, -0.2) is 9.59 Å². The number of nitrogens with zero attached hydrogens (tertiary/aromatic N) is 4. The molecule has 2 rings (SSSR count). The topological polar surface area (TPSA) is 185 Å². The molecule has 0 atom stereocenters. The van der Waals surface area contributed by atoms with E-state index < -0.39 is 11.9 Å². The number of aromatic nitrogens is 2. The second-order valence-corrected chi connectivity index (χ2v) is 6.79.